The van der Waals surface area contributed by atoms with Crippen LogP contribution in [0, 0.1) is 15.5 Å². The van der Waals surface area contributed by atoms with E-state index in [0.717, 1.165) is 0 Å². The number of aliphatic carboxylic acids is 1. The van der Waals surface area contributed by atoms with Gasteiger partial charge in [0.25, 0.3) is 0 Å². The molecule has 1 aromatic rings. The first-order valence-electron chi connectivity index (χ1n) is 6.29. The van der Waals surface area contributed by atoms with Gasteiger partial charge in [0.15, 0.2) is 0 Å². The third-order valence-electron chi connectivity index (χ3n) is 3.53. The summed E-state index contributed by atoms with van der Waals surface area (Å²) in [4.78, 5) is 25.7. The number of nitro groups is 1. The molecule has 0 aromatic carbocycles. The minimum absolute atomic E-state index is 0.0107. The maximum absolute atomic E-state index is 11.5. The lowest BCUT2D eigenvalue weighted by molar-refractivity contribution is -0.384. The van der Waals surface area contributed by atoms with Crippen LogP contribution < -0.4 is 5.32 Å². The molecule has 1 saturated heterocycles. The molecule has 2 rings (SSSR count). The smallest absolute Gasteiger partial charge is 0.312 e. The summed E-state index contributed by atoms with van der Waals surface area (Å²) < 4.78 is 5.17. The molecular formula is C12H14ClN3O5. The summed E-state index contributed by atoms with van der Waals surface area (Å²) in [6.07, 6.45) is 1.96. The number of anilines is 1. The SMILES string of the molecule is O=C(O)C1(CNc2ncc(Cl)cc2[N+](=O)[O-])CCOCC1. The lowest BCUT2D eigenvalue weighted by Crippen LogP contribution is -2.42. The van der Waals surface area contributed by atoms with E-state index in [4.69, 9.17) is 16.3 Å². The van der Waals surface area contributed by atoms with Crippen molar-refractivity contribution in [3.63, 3.8) is 0 Å². The third-order valence-corrected chi connectivity index (χ3v) is 3.74. The number of pyridine rings is 1. The number of ether oxygens (including phenoxy) is 1. The number of halogens is 1. The molecule has 1 aliphatic heterocycles. The van der Waals surface area contributed by atoms with Crippen molar-refractivity contribution in [2.24, 2.45) is 5.41 Å². The van der Waals surface area contributed by atoms with Crippen molar-refractivity contribution in [3.05, 3.63) is 27.4 Å². The summed E-state index contributed by atoms with van der Waals surface area (Å²) in [5.41, 5.74) is -1.29. The first-order valence-corrected chi connectivity index (χ1v) is 6.67. The zero-order valence-corrected chi connectivity index (χ0v) is 11.8. The molecule has 1 aromatic heterocycles. The molecular weight excluding hydrogens is 302 g/mol. The number of hydrogen-bond donors (Lipinski definition) is 2. The van der Waals surface area contributed by atoms with Gasteiger partial charge >= 0.3 is 11.7 Å². The van der Waals surface area contributed by atoms with Crippen LogP contribution in [0.2, 0.25) is 5.02 Å². The molecule has 0 saturated carbocycles. The van der Waals surface area contributed by atoms with Gasteiger partial charge in [-0.15, -0.1) is 0 Å². The molecule has 0 bridgehead atoms. The number of nitrogens with one attached hydrogen (secondary N) is 1. The Labute approximate surface area is 125 Å². The number of rotatable bonds is 5. The van der Waals surface area contributed by atoms with Crippen LogP contribution in [0.5, 0.6) is 0 Å². The molecule has 0 amide bonds. The minimum atomic E-state index is -1.01. The molecule has 1 aliphatic rings. The highest BCUT2D eigenvalue weighted by molar-refractivity contribution is 6.30. The lowest BCUT2D eigenvalue weighted by atomic mass is 9.80. The molecule has 114 valence electrons. The van der Waals surface area contributed by atoms with E-state index in [2.05, 4.69) is 10.3 Å². The summed E-state index contributed by atoms with van der Waals surface area (Å²) >= 11 is 5.68. The van der Waals surface area contributed by atoms with Crippen molar-refractivity contribution in [2.75, 3.05) is 25.1 Å². The summed E-state index contributed by atoms with van der Waals surface area (Å²) in [5.74, 6) is -0.938. The quantitative estimate of drug-likeness (QED) is 0.630. The molecule has 21 heavy (non-hydrogen) atoms. The summed E-state index contributed by atoms with van der Waals surface area (Å²) in [7, 11) is 0. The second kappa shape index (κ2) is 6.23. The van der Waals surface area contributed by atoms with Gasteiger partial charge in [-0.05, 0) is 12.8 Å². The van der Waals surface area contributed by atoms with E-state index in [1.54, 1.807) is 0 Å². The van der Waals surface area contributed by atoms with Gasteiger partial charge in [0.1, 0.15) is 0 Å². The average molecular weight is 316 g/mol. The van der Waals surface area contributed by atoms with E-state index in [9.17, 15) is 20.0 Å². The average Bonchev–Trinajstić information content (AvgIpc) is 2.46. The molecule has 2 heterocycles. The number of carbonyl (C=O) groups is 1. The van der Waals surface area contributed by atoms with E-state index in [1.165, 1.54) is 12.3 Å². The van der Waals surface area contributed by atoms with Gasteiger partial charge in [-0.25, -0.2) is 4.98 Å². The standard InChI is InChI=1S/C12H14ClN3O5/c13-8-5-9(16(19)20)10(14-6-8)15-7-12(11(17)18)1-3-21-4-2-12/h5-6H,1-4,7H2,(H,14,15)(H,17,18). The molecule has 9 heteroatoms. The highest BCUT2D eigenvalue weighted by Crippen LogP contribution is 2.32. The van der Waals surface area contributed by atoms with Crippen LogP contribution in [0.1, 0.15) is 12.8 Å². The van der Waals surface area contributed by atoms with Crippen molar-refractivity contribution >= 4 is 29.1 Å². The second-order valence-corrected chi connectivity index (χ2v) is 5.27. The van der Waals surface area contributed by atoms with Gasteiger partial charge in [0, 0.05) is 32.0 Å². The van der Waals surface area contributed by atoms with Crippen LogP contribution >= 0.6 is 11.6 Å². The van der Waals surface area contributed by atoms with E-state index >= 15 is 0 Å². The number of carboxylic acid groups (broad SMARTS) is 1. The third kappa shape index (κ3) is 3.40. The van der Waals surface area contributed by atoms with Gasteiger partial charge in [0.05, 0.1) is 15.4 Å². The number of aromatic nitrogens is 1. The van der Waals surface area contributed by atoms with Crippen molar-refractivity contribution in [1.82, 2.24) is 4.98 Å². The Morgan fingerprint density at radius 2 is 2.24 bits per heavy atom. The summed E-state index contributed by atoms with van der Waals surface area (Å²) in [5, 5.41) is 23.3. The first kappa shape index (κ1) is 15.5. The van der Waals surface area contributed by atoms with Gasteiger partial charge in [0.2, 0.25) is 5.82 Å². The Morgan fingerprint density at radius 1 is 1.57 bits per heavy atom. The van der Waals surface area contributed by atoms with Gasteiger partial charge in [-0.1, -0.05) is 11.6 Å². The predicted octanol–water partition coefficient (Wildman–Crippen LogP) is 1.94. The van der Waals surface area contributed by atoms with E-state index in [1.807, 2.05) is 0 Å². The molecule has 8 nitrogen and oxygen atoms in total. The Kier molecular flexibility index (Phi) is 4.59. The fourth-order valence-corrected chi connectivity index (χ4v) is 2.34. The molecule has 1 fully saturated rings. The van der Waals surface area contributed by atoms with Gasteiger partial charge < -0.3 is 15.2 Å². The van der Waals surface area contributed by atoms with E-state index in [0.29, 0.717) is 26.1 Å². The second-order valence-electron chi connectivity index (χ2n) is 4.83. The topological polar surface area (TPSA) is 115 Å². The maximum Gasteiger partial charge on any atom is 0.312 e. The number of hydrogen-bond acceptors (Lipinski definition) is 6. The van der Waals surface area contributed by atoms with Crippen molar-refractivity contribution in [2.45, 2.75) is 12.8 Å². The van der Waals surface area contributed by atoms with Crippen LogP contribution in [0.4, 0.5) is 11.5 Å². The Morgan fingerprint density at radius 3 is 2.81 bits per heavy atom. The van der Waals surface area contributed by atoms with Crippen molar-refractivity contribution in [3.8, 4) is 0 Å². The van der Waals surface area contributed by atoms with Crippen LogP contribution in [-0.2, 0) is 9.53 Å². The van der Waals surface area contributed by atoms with Crippen LogP contribution in [0.25, 0.3) is 0 Å². The Balaban J connectivity index is 2.18. The number of carboxylic acids is 1. The monoisotopic (exact) mass is 315 g/mol. The zero-order valence-electron chi connectivity index (χ0n) is 11.0. The Hall–Kier alpha value is -1.93. The predicted molar refractivity (Wildman–Crippen MR) is 74.5 cm³/mol. The molecule has 0 unspecified atom stereocenters. The first-order chi connectivity index (χ1) is 9.94. The summed E-state index contributed by atoms with van der Waals surface area (Å²) in [6.45, 7) is 0.745. The molecule has 2 N–H and O–H groups in total. The lowest BCUT2D eigenvalue weighted by Gasteiger charge is -2.33. The van der Waals surface area contributed by atoms with Gasteiger partial charge in [-0.3, -0.25) is 14.9 Å². The van der Waals surface area contributed by atoms with E-state index in [-0.39, 0.29) is 23.1 Å². The van der Waals surface area contributed by atoms with Crippen molar-refractivity contribution < 1.29 is 19.6 Å². The van der Waals surface area contributed by atoms with Crippen LogP contribution in [0.3, 0.4) is 0 Å². The maximum atomic E-state index is 11.5. The van der Waals surface area contributed by atoms with Crippen LogP contribution in [-0.4, -0.2) is 40.7 Å². The largest absolute Gasteiger partial charge is 0.481 e. The van der Waals surface area contributed by atoms with Gasteiger partial charge in [-0.2, -0.15) is 0 Å². The Bertz CT molecular complexity index is 560. The van der Waals surface area contributed by atoms with Crippen LogP contribution in [0.15, 0.2) is 12.3 Å². The molecule has 0 aliphatic carbocycles. The number of nitrogens with zero attached hydrogens (tertiary/aromatic N) is 2. The van der Waals surface area contributed by atoms with E-state index < -0.39 is 16.3 Å². The normalized spacial score (nSPS) is 17.2. The fraction of sp³-hybridized carbons (Fsp3) is 0.500. The molecule has 0 spiro atoms. The highest BCUT2D eigenvalue weighted by atomic mass is 35.5. The summed E-state index contributed by atoms with van der Waals surface area (Å²) in [6, 6.07) is 1.17. The molecule has 0 atom stereocenters. The molecule has 0 radical (unpaired) electrons. The minimum Gasteiger partial charge on any atom is -0.481 e. The zero-order chi connectivity index (χ0) is 15.5. The fourth-order valence-electron chi connectivity index (χ4n) is 2.19. The highest BCUT2D eigenvalue weighted by Gasteiger charge is 2.40. The van der Waals surface area contributed by atoms with Crippen molar-refractivity contribution in [1.29, 1.82) is 0 Å².